The van der Waals surface area contributed by atoms with Crippen molar-refractivity contribution in [3.05, 3.63) is 44.1 Å². The number of nitrogen functional groups attached to an aromatic ring is 1. The van der Waals surface area contributed by atoms with Gasteiger partial charge in [0.2, 0.25) is 0 Å². The van der Waals surface area contributed by atoms with Crippen LogP contribution in [0, 0.1) is 14.9 Å². The predicted molar refractivity (Wildman–Crippen MR) is 83.5 cm³/mol. The standard InChI is InChI=1S/C12H8BrIN4/c13-10-2-1-9(4-11(10)14)18-12-7(5-15)3-8(16)6-17-12/h1-4,6H,16H2,(H,17,18). The van der Waals surface area contributed by atoms with Crippen LogP contribution >= 0.6 is 38.5 Å². The summed E-state index contributed by atoms with van der Waals surface area (Å²) in [5, 5.41) is 12.1. The highest BCUT2D eigenvalue weighted by atomic mass is 127. The summed E-state index contributed by atoms with van der Waals surface area (Å²) in [6.45, 7) is 0. The molecule has 0 saturated carbocycles. The Morgan fingerprint density at radius 1 is 1.39 bits per heavy atom. The molecule has 18 heavy (non-hydrogen) atoms. The van der Waals surface area contributed by atoms with E-state index in [0.29, 0.717) is 17.1 Å². The number of nitrogens with two attached hydrogens (primary N) is 1. The minimum absolute atomic E-state index is 0.424. The molecule has 0 unspecified atom stereocenters. The molecule has 3 N–H and O–H groups in total. The van der Waals surface area contributed by atoms with E-state index < -0.39 is 0 Å². The lowest BCUT2D eigenvalue weighted by atomic mass is 10.2. The molecule has 2 aromatic rings. The molecule has 1 heterocycles. The number of hydrogen-bond donors (Lipinski definition) is 2. The summed E-state index contributed by atoms with van der Waals surface area (Å²) in [6, 6.07) is 9.47. The zero-order valence-electron chi connectivity index (χ0n) is 9.11. The van der Waals surface area contributed by atoms with Crippen molar-refractivity contribution in [2.45, 2.75) is 0 Å². The molecule has 0 amide bonds. The summed E-state index contributed by atoms with van der Waals surface area (Å²) in [6.07, 6.45) is 1.52. The van der Waals surface area contributed by atoms with Crippen LogP contribution in [0.5, 0.6) is 0 Å². The third-order valence-corrected chi connectivity index (χ3v) is 4.54. The quantitative estimate of drug-likeness (QED) is 0.735. The molecule has 0 aliphatic heterocycles. The SMILES string of the molecule is N#Cc1cc(N)cnc1Nc1ccc(Br)c(I)c1. The first kappa shape index (κ1) is 13.1. The smallest absolute Gasteiger partial charge is 0.148 e. The van der Waals surface area contributed by atoms with Crippen LogP contribution in [-0.4, -0.2) is 4.98 Å². The van der Waals surface area contributed by atoms with Gasteiger partial charge in [0.25, 0.3) is 0 Å². The number of nitrogens with one attached hydrogen (secondary N) is 1. The minimum atomic E-state index is 0.424. The molecule has 0 bridgehead atoms. The van der Waals surface area contributed by atoms with Crippen LogP contribution in [0.4, 0.5) is 17.2 Å². The van der Waals surface area contributed by atoms with Crippen molar-refractivity contribution in [3.63, 3.8) is 0 Å². The van der Waals surface area contributed by atoms with Gasteiger partial charge in [0.15, 0.2) is 0 Å². The Bertz CT molecular complexity index is 636. The lowest BCUT2D eigenvalue weighted by Gasteiger charge is -2.08. The number of hydrogen-bond acceptors (Lipinski definition) is 4. The van der Waals surface area contributed by atoms with Crippen LogP contribution < -0.4 is 11.1 Å². The molecule has 1 aromatic heterocycles. The average molecular weight is 415 g/mol. The molecule has 0 aliphatic carbocycles. The highest BCUT2D eigenvalue weighted by Crippen LogP contribution is 2.25. The van der Waals surface area contributed by atoms with E-state index in [1.807, 2.05) is 18.2 Å². The van der Waals surface area contributed by atoms with Gasteiger partial charge in [-0.15, -0.1) is 0 Å². The summed E-state index contributed by atoms with van der Waals surface area (Å²) in [5.41, 5.74) is 7.36. The molecular formula is C12H8BrIN4. The Morgan fingerprint density at radius 3 is 2.83 bits per heavy atom. The Hall–Kier alpha value is -1.33. The van der Waals surface area contributed by atoms with Crippen molar-refractivity contribution in [1.82, 2.24) is 4.98 Å². The van der Waals surface area contributed by atoms with E-state index in [0.717, 1.165) is 13.7 Å². The maximum atomic E-state index is 9.03. The van der Waals surface area contributed by atoms with Crippen molar-refractivity contribution in [3.8, 4) is 6.07 Å². The van der Waals surface area contributed by atoms with Gasteiger partial charge in [-0.25, -0.2) is 4.98 Å². The fourth-order valence-electron chi connectivity index (χ4n) is 1.38. The predicted octanol–water partition coefficient (Wildman–Crippen LogP) is 3.65. The van der Waals surface area contributed by atoms with Crippen molar-refractivity contribution in [2.24, 2.45) is 0 Å². The van der Waals surface area contributed by atoms with Gasteiger partial charge in [0, 0.05) is 13.7 Å². The van der Waals surface area contributed by atoms with Crippen molar-refractivity contribution in [2.75, 3.05) is 11.1 Å². The lowest BCUT2D eigenvalue weighted by molar-refractivity contribution is 1.29. The summed E-state index contributed by atoms with van der Waals surface area (Å²) in [7, 11) is 0. The van der Waals surface area contributed by atoms with Crippen LogP contribution in [0.1, 0.15) is 5.56 Å². The molecule has 0 aliphatic rings. The Labute approximate surface area is 126 Å². The maximum absolute atomic E-state index is 9.03. The van der Waals surface area contributed by atoms with E-state index in [1.165, 1.54) is 6.20 Å². The summed E-state index contributed by atoms with van der Waals surface area (Å²) in [4.78, 5) is 4.12. The van der Waals surface area contributed by atoms with Gasteiger partial charge in [0.05, 0.1) is 17.4 Å². The third kappa shape index (κ3) is 2.91. The molecule has 0 radical (unpaired) electrons. The molecule has 0 atom stereocenters. The second-order valence-corrected chi connectivity index (χ2v) is 5.55. The highest BCUT2D eigenvalue weighted by molar-refractivity contribution is 14.1. The minimum Gasteiger partial charge on any atom is -0.397 e. The number of rotatable bonds is 2. The number of halogens is 2. The number of benzene rings is 1. The van der Waals surface area contributed by atoms with Crippen molar-refractivity contribution >= 4 is 55.7 Å². The molecule has 6 heteroatoms. The summed E-state index contributed by atoms with van der Waals surface area (Å²) < 4.78 is 2.10. The lowest BCUT2D eigenvalue weighted by Crippen LogP contribution is -1.99. The second-order valence-electron chi connectivity index (χ2n) is 3.53. The molecular weight excluding hydrogens is 407 g/mol. The van der Waals surface area contributed by atoms with Crippen LogP contribution in [0.15, 0.2) is 34.9 Å². The van der Waals surface area contributed by atoms with E-state index in [-0.39, 0.29) is 0 Å². The largest absolute Gasteiger partial charge is 0.397 e. The number of aromatic nitrogens is 1. The Morgan fingerprint density at radius 2 is 2.17 bits per heavy atom. The Kier molecular flexibility index (Phi) is 4.04. The molecule has 0 spiro atoms. The topological polar surface area (TPSA) is 74.7 Å². The average Bonchev–Trinajstić information content (AvgIpc) is 2.36. The molecule has 1 aromatic carbocycles. The number of pyridine rings is 1. The van der Waals surface area contributed by atoms with Crippen molar-refractivity contribution < 1.29 is 0 Å². The van der Waals surface area contributed by atoms with Gasteiger partial charge in [-0.2, -0.15) is 5.26 Å². The Balaban J connectivity index is 2.34. The van der Waals surface area contributed by atoms with E-state index >= 15 is 0 Å². The van der Waals surface area contributed by atoms with E-state index in [1.54, 1.807) is 6.07 Å². The number of nitriles is 1. The van der Waals surface area contributed by atoms with Gasteiger partial charge < -0.3 is 11.1 Å². The van der Waals surface area contributed by atoms with Gasteiger partial charge in [-0.05, 0) is 62.8 Å². The number of nitrogens with zero attached hydrogens (tertiary/aromatic N) is 2. The second kappa shape index (κ2) is 5.54. The van der Waals surface area contributed by atoms with Gasteiger partial charge in [0.1, 0.15) is 11.9 Å². The molecule has 4 nitrogen and oxygen atoms in total. The van der Waals surface area contributed by atoms with Gasteiger partial charge >= 0.3 is 0 Å². The third-order valence-electron chi connectivity index (χ3n) is 2.21. The van der Waals surface area contributed by atoms with Crippen molar-refractivity contribution in [1.29, 1.82) is 5.26 Å². The molecule has 0 saturated heterocycles. The monoisotopic (exact) mass is 414 g/mol. The van der Waals surface area contributed by atoms with E-state index in [2.05, 4.69) is 54.9 Å². The molecule has 90 valence electrons. The fraction of sp³-hybridized carbons (Fsp3) is 0. The summed E-state index contributed by atoms with van der Waals surface area (Å²) >= 11 is 5.66. The van der Waals surface area contributed by atoms with Crippen LogP contribution in [0.2, 0.25) is 0 Å². The zero-order chi connectivity index (χ0) is 13.1. The fourth-order valence-corrected chi connectivity index (χ4v) is 2.14. The van der Waals surface area contributed by atoms with Crippen LogP contribution in [-0.2, 0) is 0 Å². The highest BCUT2D eigenvalue weighted by Gasteiger charge is 2.05. The van der Waals surface area contributed by atoms with Gasteiger partial charge in [-0.3, -0.25) is 0 Å². The normalized spacial score (nSPS) is 9.83. The first-order valence-corrected chi connectivity index (χ1v) is 6.85. The zero-order valence-corrected chi connectivity index (χ0v) is 12.9. The van der Waals surface area contributed by atoms with Crippen LogP contribution in [0.25, 0.3) is 0 Å². The van der Waals surface area contributed by atoms with Crippen LogP contribution in [0.3, 0.4) is 0 Å². The summed E-state index contributed by atoms with van der Waals surface area (Å²) in [5.74, 6) is 0.504. The van der Waals surface area contributed by atoms with E-state index in [4.69, 9.17) is 11.0 Å². The first-order chi connectivity index (χ1) is 8.60. The van der Waals surface area contributed by atoms with Gasteiger partial charge in [-0.1, -0.05) is 0 Å². The molecule has 2 rings (SSSR count). The maximum Gasteiger partial charge on any atom is 0.148 e. The first-order valence-electron chi connectivity index (χ1n) is 4.98. The van der Waals surface area contributed by atoms with E-state index in [9.17, 15) is 0 Å². The molecule has 0 fully saturated rings. The number of anilines is 3.